The van der Waals surface area contributed by atoms with E-state index in [1.807, 2.05) is 0 Å². The van der Waals surface area contributed by atoms with Gasteiger partial charge in [-0.3, -0.25) is 0 Å². The van der Waals surface area contributed by atoms with Gasteiger partial charge in [-0.2, -0.15) is 30.5 Å². The number of rotatable bonds is 7. The van der Waals surface area contributed by atoms with Crippen molar-refractivity contribution in [1.29, 1.82) is 0 Å². The molecule has 0 aliphatic rings. The summed E-state index contributed by atoms with van der Waals surface area (Å²) in [5, 5.41) is 4.41. The number of halogens is 2. The summed E-state index contributed by atoms with van der Waals surface area (Å²) in [4.78, 5) is 4.03. The van der Waals surface area contributed by atoms with E-state index < -0.39 is 32.1 Å². The van der Waals surface area contributed by atoms with Crippen molar-refractivity contribution >= 4 is 43.5 Å². The molecule has 0 unspecified atom stereocenters. The zero-order valence-electron chi connectivity index (χ0n) is 19.7. The van der Waals surface area contributed by atoms with E-state index >= 15 is 4.39 Å². The van der Waals surface area contributed by atoms with Gasteiger partial charge in [-0.15, -0.1) is 4.09 Å². The van der Waals surface area contributed by atoms with Gasteiger partial charge in [0.15, 0.2) is 5.82 Å². The molecular weight excluding hydrogens is 514 g/mol. The summed E-state index contributed by atoms with van der Waals surface area (Å²) >= 11 is 0. The maximum absolute atomic E-state index is 15.4. The molecule has 0 amide bonds. The summed E-state index contributed by atoms with van der Waals surface area (Å²) in [5.41, 5.74) is 0.549. The van der Waals surface area contributed by atoms with Crippen molar-refractivity contribution in [2.45, 2.75) is 0 Å². The Balaban J connectivity index is 1.98. The SMILES string of the molecule is CN(C)S(=O)(=O)n1ccnc1-c1cc2c(C=Cc3ccc(F)cc3)nn(S(=O)(=O)N(C)C)c2cc1F. The Morgan fingerprint density at radius 2 is 1.53 bits per heavy atom. The van der Waals surface area contributed by atoms with E-state index in [4.69, 9.17) is 0 Å². The van der Waals surface area contributed by atoms with Crippen molar-refractivity contribution in [2.24, 2.45) is 0 Å². The van der Waals surface area contributed by atoms with Crippen molar-refractivity contribution in [3.63, 3.8) is 0 Å². The van der Waals surface area contributed by atoms with Gasteiger partial charge in [-0.25, -0.2) is 17.7 Å². The molecule has 2 aromatic heterocycles. The normalized spacial score (nSPS) is 13.0. The molecule has 0 aliphatic heterocycles. The lowest BCUT2D eigenvalue weighted by Gasteiger charge is -2.15. The topological polar surface area (TPSA) is 110 Å². The van der Waals surface area contributed by atoms with Crippen LogP contribution in [0.15, 0.2) is 48.8 Å². The van der Waals surface area contributed by atoms with Crippen LogP contribution >= 0.6 is 0 Å². The van der Waals surface area contributed by atoms with Crippen LogP contribution in [0.25, 0.3) is 34.4 Å². The molecule has 4 aromatic rings. The Morgan fingerprint density at radius 3 is 2.14 bits per heavy atom. The molecule has 0 N–H and O–H groups in total. The lowest BCUT2D eigenvalue weighted by molar-refractivity contribution is 0.505. The standard InChI is InChI=1S/C22H22F2N6O4S2/c1-27(2)35(31,32)29-12-11-25-22(29)17-13-18-20(10-7-15-5-8-16(23)9-6-15)26-30(21(18)14-19(17)24)36(33,34)28(3)4/h5-14H,1-4H3. The van der Waals surface area contributed by atoms with Crippen LogP contribution in [0.4, 0.5) is 8.78 Å². The van der Waals surface area contributed by atoms with E-state index in [2.05, 4.69) is 10.1 Å². The van der Waals surface area contributed by atoms with Crippen LogP contribution in [0.1, 0.15) is 11.3 Å². The molecule has 0 fully saturated rings. The maximum atomic E-state index is 15.4. The van der Waals surface area contributed by atoms with Gasteiger partial charge in [0.25, 0.3) is 0 Å². The Kier molecular flexibility index (Phi) is 6.55. The van der Waals surface area contributed by atoms with Crippen molar-refractivity contribution in [1.82, 2.24) is 26.8 Å². The van der Waals surface area contributed by atoms with Gasteiger partial charge >= 0.3 is 20.4 Å². The average Bonchev–Trinajstić information content (AvgIpc) is 3.43. The third-order valence-electron chi connectivity index (χ3n) is 5.31. The number of hydrogen-bond donors (Lipinski definition) is 0. The minimum Gasteiger partial charge on any atom is -0.236 e. The molecular formula is C22H22F2N6O4S2. The monoisotopic (exact) mass is 536 g/mol. The second-order valence-corrected chi connectivity index (χ2v) is 12.1. The highest BCUT2D eigenvalue weighted by Crippen LogP contribution is 2.31. The molecule has 0 saturated carbocycles. The summed E-state index contributed by atoms with van der Waals surface area (Å²) in [7, 11) is -2.88. The lowest BCUT2D eigenvalue weighted by atomic mass is 10.1. The molecule has 2 aromatic carbocycles. The van der Waals surface area contributed by atoms with E-state index in [0.717, 1.165) is 18.6 Å². The maximum Gasteiger partial charge on any atom is 0.323 e. The van der Waals surface area contributed by atoms with Crippen molar-refractivity contribution < 1.29 is 25.6 Å². The Hall–Kier alpha value is -3.46. The van der Waals surface area contributed by atoms with E-state index in [1.54, 1.807) is 6.08 Å². The smallest absolute Gasteiger partial charge is 0.236 e. The Bertz CT molecular complexity index is 1690. The van der Waals surface area contributed by atoms with E-state index in [-0.39, 0.29) is 28.0 Å². The van der Waals surface area contributed by atoms with Crippen LogP contribution in [-0.4, -0.2) is 71.8 Å². The van der Waals surface area contributed by atoms with Gasteiger partial charge in [-0.05, 0) is 29.8 Å². The summed E-state index contributed by atoms with van der Waals surface area (Å²) in [6, 6.07) is 7.85. The zero-order valence-corrected chi connectivity index (χ0v) is 21.3. The molecule has 0 radical (unpaired) electrons. The molecule has 190 valence electrons. The summed E-state index contributed by atoms with van der Waals surface area (Å²) in [6.07, 6.45) is 5.50. The quantitative estimate of drug-likeness (QED) is 0.359. The van der Waals surface area contributed by atoms with Gasteiger partial charge in [0.2, 0.25) is 0 Å². The molecule has 0 aliphatic carbocycles. The number of benzene rings is 2. The van der Waals surface area contributed by atoms with E-state index in [1.165, 1.54) is 77.0 Å². The predicted octanol–water partition coefficient (Wildman–Crippen LogP) is 2.66. The van der Waals surface area contributed by atoms with Crippen LogP contribution in [0, 0.1) is 11.6 Å². The van der Waals surface area contributed by atoms with Crippen molar-refractivity contribution in [2.75, 3.05) is 28.2 Å². The summed E-state index contributed by atoms with van der Waals surface area (Å²) in [6.45, 7) is 0. The highest BCUT2D eigenvalue weighted by Gasteiger charge is 2.27. The van der Waals surface area contributed by atoms with Crippen LogP contribution in [0.3, 0.4) is 0 Å². The van der Waals surface area contributed by atoms with E-state index in [9.17, 15) is 21.2 Å². The van der Waals surface area contributed by atoms with Crippen molar-refractivity contribution in [3.8, 4) is 11.4 Å². The number of imidazole rings is 1. The number of nitrogens with zero attached hydrogens (tertiary/aromatic N) is 6. The molecule has 36 heavy (non-hydrogen) atoms. The molecule has 0 atom stereocenters. The van der Waals surface area contributed by atoms with Crippen LogP contribution in [0.5, 0.6) is 0 Å². The third kappa shape index (κ3) is 4.43. The van der Waals surface area contributed by atoms with Gasteiger partial charge in [0, 0.05) is 52.0 Å². The molecule has 10 nitrogen and oxygen atoms in total. The Labute approximate surface area is 207 Å². The van der Waals surface area contributed by atoms with Crippen LogP contribution in [0.2, 0.25) is 0 Å². The molecule has 2 heterocycles. The van der Waals surface area contributed by atoms with Crippen LogP contribution < -0.4 is 0 Å². The highest BCUT2D eigenvalue weighted by molar-refractivity contribution is 7.87. The second kappa shape index (κ2) is 9.20. The Morgan fingerprint density at radius 1 is 0.889 bits per heavy atom. The first-order valence-corrected chi connectivity index (χ1v) is 13.2. The molecule has 0 bridgehead atoms. The van der Waals surface area contributed by atoms with Gasteiger partial charge in [-0.1, -0.05) is 18.2 Å². The van der Waals surface area contributed by atoms with Gasteiger partial charge in [0.1, 0.15) is 11.6 Å². The zero-order chi connectivity index (χ0) is 26.4. The average molecular weight is 537 g/mol. The summed E-state index contributed by atoms with van der Waals surface area (Å²) < 4.78 is 83.2. The fourth-order valence-electron chi connectivity index (χ4n) is 3.35. The van der Waals surface area contributed by atoms with Gasteiger partial charge in [0.05, 0.1) is 16.8 Å². The number of hydrogen-bond acceptors (Lipinski definition) is 6. The van der Waals surface area contributed by atoms with Crippen molar-refractivity contribution in [3.05, 3.63) is 71.7 Å². The first-order valence-electron chi connectivity index (χ1n) is 10.4. The first-order chi connectivity index (χ1) is 16.8. The van der Waals surface area contributed by atoms with Crippen LogP contribution in [-0.2, 0) is 20.4 Å². The largest absolute Gasteiger partial charge is 0.323 e. The molecule has 4 rings (SSSR count). The fraction of sp³-hybridized carbons (Fsp3) is 0.182. The highest BCUT2D eigenvalue weighted by atomic mass is 32.2. The first kappa shape index (κ1) is 25.6. The number of aromatic nitrogens is 4. The van der Waals surface area contributed by atoms with Gasteiger partial charge < -0.3 is 0 Å². The lowest BCUT2D eigenvalue weighted by Crippen LogP contribution is -2.29. The number of fused-ring (bicyclic) bond motifs is 1. The molecule has 0 spiro atoms. The molecule has 0 saturated heterocycles. The fourth-order valence-corrected chi connectivity index (χ4v) is 5.17. The minimum absolute atomic E-state index is 0.0581. The minimum atomic E-state index is -4.13. The second-order valence-electron chi connectivity index (χ2n) is 8.09. The third-order valence-corrected chi connectivity index (χ3v) is 8.66. The van der Waals surface area contributed by atoms with E-state index in [0.29, 0.717) is 9.65 Å². The predicted molar refractivity (Wildman–Crippen MR) is 132 cm³/mol. The molecule has 14 heteroatoms. The summed E-state index contributed by atoms with van der Waals surface area (Å²) in [5.74, 6) is -1.50.